The first-order valence-corrected chi connectivity index (χ1v) is 7.42. The summed E-state index contributed by atoms with van der Waals surface area (Å²) in [5.74, 6) is 0. The average molecular weight is 283 g/mol. The third-order valence-corrected chi connectivity index (χ3v) is 4.03. The molecule has 19 heavy (non-hydrogen) atoms. The summed E-state index contributed by atoms with van der Waals surface area (Å²) < 4.78 is 5.70. The third-order valence-electron chi connectivity index (χ3n) is 3.68. The fraction of sp³-hybridized carbons (Fsp3) is 0.600. The van der Waals surface area contributed by atoms with Crippen molar-refractivity contribution in [3.05, 3.63) is 34.3 Å². The summed E-state index contributed by atoms with van der Waals surface area (Å²) in [6, 6.07) is 6.11. The van der Waals surface area contributed by atoms with Crippen LogP contribution in [0.2, 0.25) is 5.02 Å². The molecule has 1 atom stereocenters. The van der Waals surface area contributed by atoms with E-state index in [4.69, 9.17) is 22.1 Å². The van der Waals surface area contributed by atoms with Crippen LogP contribution in [-0.2, 0) is 17.8 Å². The number of ether oxygens (including phenoxy) is 1. The summed E-state index contributed by atoms with van der Waals surface area (Å²) in [5, 5.41) is 0.814. The van der Waals surface area contributed by atoms with Crippen molar-refractivity contribution in [2.75, 3.05) is 19.7 Å². The number of benzene rings is 1. The van der Waals surface area contributed by atoms with E-state index in [1.165, 1.54) is 18.4 Å². The van der Waals surface area contributed by atoms with Crippen molar-refractivity contribution in [1.82, 2.24) is 4.90 Å². The molecule has 4 heteroatoms. The van der Waals surface area contributed by atoms with Crippen molar-refractivity contribution in [2.45, 2.75) is 39.0 Å². The summed E-state index contributed by atoms with van der Waals surface area (Å²) in [7, 11) is 0. The van der Waals surface area contributed by atoms with Crippen molar-refractivity contribution < 1.29 is 4.74 Å². The van der Waals surface area contributed by atoms with Crippen LogP contribution in [0, 0.1) is 0 Å². The SMILES string of the molecule is CCN(Cc1ccc(CN)cc1Cl)CC1CCCO1. The Kier molecular flexibility index (Phi) is 5.64. The molecule has 0 spiro atoms. The molecule has 1 aromatic rings. The Morgan fingerprint density at radius 2 is 2.32 bits per heavy atom. The predicted octanol–water partition coefficient (Wildman–Crippen LogP) is 2.80. The second-order valence-electron chi connectivity index (χ2n) is 5.09. The van der Waals surface area contributed by atoms with Crippen LogP contribution in [0.25, 0.3) is 0 Å². The molecule has 0 radical (unpaired) electrons. The number of rotatable bonds is 6. The van der Waals surface area contributed by atoms with Gasteiger partial charge in [0.2, 0.25) is 0 Å². The second kappa shape index (κ2) is 7.25. The van der Waals surface area contributed by atoms with Crippen molar-refractivity contribution in [3.63, 3.8) is 0 Å². The summed E-state index contributed by atoms with van der Waals surface area (Å²) in [6.45, 7) is 6.50. The molecular formula is C15H23ClN2O. The fourth-order valence-electron chi connectivity index (χ4n) is 2.47. The Morgan fingerprint density at radius 3 is 2.89 bits per heavy atom. The van der Waals surface area contributed by atoms with Crippen LogP contribution in [-0.4, -0.2) is 30.7 Å². The van der Waals surface area contributed by atoms with Crippen molar-refractivity contribution in [1.29, 1.82) is 0 Å². The highest BCUT2D eigenvalue weighted by Crippen LogP contribution is 2.21. The van der Waals surface area contributed by atoms with Gasteiger partial charge in [-0.05, 0) is 36.6 Å². The van der Waals surface area contributed by atoms with Gasteiger partial charge < -0.3 is 10.5 Å². The lowest BCUT2D eigenvalue weighted by Gasteiger charge is -2.24. The number of nitrogens with zero attached hydrogens (tertiary/aromatic N) is 1. The molecule has 0 amide bonds. The van der Waals surface area contributed by atoms with Gasteiger partial charge in [0, 0.05) is 31.3 Å². The van der Waals surface area contributed by atoms with Gasteiger partial charge in [0.1, 0.15) is 0 Å². The fourth-order valence-corrected chi connectivity index (χ4v) is 2.73. The number of hydrogen-bond donors (Lipinski definition) is 1. The molecule has 3 nitrogen and oxygen atoms in total. The molecule has 2 N–H and O–H groups in total. The maximum absolute atomic E-state index is 6.31. The zero-order valence-corrected chi connectivity index (χ0v) is 12.3. The maximum Gasteiger partial charge on any atom is 0.0702 e. The Bertz CT molecular complexity index is 405. The van der Waals surface area contributed by atoms with Crippen LogP contribution in [0.5, 0.6) is 0 Å². The summed E-state index contributed by atoms with van der Waals surface area (Å²) in [4.78, 5) is 2.39. The first-order valence-electron chi connectivity index (χ1n) is 7.04. The molecule has 1 aliphatic rings. The van der Waals surface area contributed by atoms with Gasteiger partial charge in [-0.1, -0.05) is 30.7 Å². The lowest BCUT2D eigenvalue weighted by Crippen LogP contribution is -2.31. The largest absolute Gasteiger partial charge is 0.377 e. The highest BCUT2D eigenvalue weighted by molar-refractivity contribution is 6.31. The summed E-state index contributed by atoms with van der Waals surface area (Å²) in [6.07, 6.45) is 2.76. The van der Waals surface area contributed by atoms with Gasteiger partial charge >= 0.3 is 0 Å². The van der Waals surface area contributed by atoms with Gasteiger partial charge in [-0.15, -0.1) is 0 Å². The molecule has 0 saturated carbocycles. The molecule has 1 aliphatic heterocycles. The van der Waals surface area contributed by atoms with Crippen LogP contribution in [0.15, 0.2) is 18.2 Å². The third kappa shape index (κ3) is 4.18. The van der Waals surface area contributed by atoms with Crippen molar-refractivity contribution in [3.8, 4) is 0 Å². The lowest BCUT2D eigenvalue weighted by molar-refractivity contribution is 0.0725. The molecule has 1 saturated heterocycles. The Labute approximate surface area is 120 Å². The minimum atomic E-state index is 0.391. The first-order chi connectivity index (χ1) is 9.22. The van der Waals surface area contributed by atoms with E-state index in [1.54, 1.807) is 0 Å². The average Bonchev–Trinajstić information content (AvgIpc) is 2.92. The summed E-state index contributed by atoms with van der Waals surface area (Å²) >= 11 is 6.31. The Balaban J connectivity index is 1.96. The minimum Gasteiger partial charge on any atom is -0.377 e. The smallest absolute Gasteiger partial charge is 0.0702 e. The van der Waals surface area contributed by atoms with Gasteiger partial charge in [0.15, 0.2) is 0 Å². The van der Waals surface area contributed by atoms with Crippen LogP contribution < -0.4 is 5.73 Å². The normalized spacial score (nSPS) is 19.3. The molecular weight excluding hydrogens is 260 g/mol. The van der Waals surface area contributed by atoms with Crippen LogP contribution in [0.1, 0.15) is 30.9 Å². The second-order valence-corrected chi connectivity index (χ2v) is 5.50. The molecule has 1 heterocycles. The zero-order chi connectivity index (χ0) is 13.7. The van der Waals surface area contributed by atoms with Gasteiger partial charge in [-0.2, -0.15) is 0 Å². The van der Waals surface area contributed by atoms with Gasteiger partial charge in [-0.3, -0.25) is 4.90 Å². The topological polar surface area (TPSA) is 38.5 Å². The first kappa shape index (κ1) is 14.8. The van der Waals surface area contributed by atoms with Crippen molar-refractivity contribution >= 4 is 11.6 Å². The number of halogens is 1. The van der Waals surface area contributed by atoms with Crippen LogP contribution in [0.3, 0.4) is 0 Å². The van der Waals surface area contributed by atoms with E-state index in [2.05, 4.69) is 24.0 Å². The summed E-state index contributed by atoms with van der Waals surface area (Å²) in [5.41, 5.74) is 7.86. The van der Waals surface area contributed by atoms with E-state index in [-0.39, 0.29) is 0 Å². The van der Waals surface area contributed by atoms with E-state index in [0.717, 1.165) is 36.8 Å². The van der Waals surface area contributed by atoms with E-state index >= 15 is 0 Å². The minimum absolute atomic E-state index is 0.391. The van der Waals surface area contributed by atoms with Gasteiger partial charge in [0.25, 0.3) is 0 Å². The zero-order valence-electron chi connectivity index (χ0n) is 11.6. The molecule has 0 aliphatic carbocycles. The van der Waals surface area contributed by atoms with Gasteiger partial charge in [-0.25, -0.2) is 0 Å². The molecule has 2 rings (SSSR count). The quantitative estimate of drug-likeness (QED) is 0.872. The monoisotopic (exact) mass is 282 g/mol. The van der Waals surface area contributed by atoms with E-state index < -0.39 is 0 Å². The Morgan fingerprint density at radius 1 is 1.47 bits per heavy atom. The van der Waals surface area contributed by atoms with Crippen molar-refractivity contribution in [2.24, 2.45) is 5.73 Å². The standard InChI is InChI=1S/C15H23ClN2O/c1-2-18(11-14-4-3-7-19-14)10-13-6-5-12(9-17)8-15(13)16/h5-6,8,14H,2-4,7,9-11,17H2,1H3. The van der Waals surface area contributed by atoms with Gasteiger partial charge in [0.05, 0.1) is 6.10 Å². The van der Waals surface area contributed by atoms with Crippen LogP contribution in [0.4, 0.5) is 0 Å². The predicted molar refractivity (Wildman–Crippen MR) is 79.3 cm³/mol. The molecule has 1 unspecified atom stereocenters. The Hall–Kier alpha value is -0.610. The molecule has 106 valence electrons. The maximum atomic E-state index is 6.31. The molecule has 0 bridgehead atoms. The molecule has 1 fully saturated rings. The molecule has 1 aromatic carbocycles. The number of hydrogen-bond acceptors (Lipinski definition) is 3. The van der Waals surface area contributed by atoms with Crippen LogP contribution >= 0.6 is 11.6 Å². The highest BCUT2D eigenvalue weighted by Gasteiger charge is 2.19. The van der Waals surface area contributed by atoms with E-state index in [1.807, 2.05) is 6.07 Å². The number of nitrogens with two attached hydrogens (primary N) is 1. The van der Waals surface area contributed by atoms with E-state index in [0.29, 0.717) is 12.6 Å². The number of likely N-dealkylation sites (N-methyl/N-ethyl adjacent to an activating group) is 1. The lowest BCUT2D eigenvalue weighted by atomic mass is 10.1. The highest BCUT2D eigenvalue weighted by atomic mass is 35.5. The molecule has 0 aromatic heterocycles. The van der Waals surface area contributed by atoms with E-state index in [9.17, 15) is 0 Å².